The Labute approximate surface area is 143 Å². The second kappa shape index (κ2) is 6.30. The van der Waals surface area contributed by atoms with Crippen LogP contribution in [0.3, 0.4) is 0 Å². The summed E-state index contributed by atoms with van der Waals surface area (Å²) in [6, 6.07) is -0.126. The average molecular weight is 339 g/mol. The number of ether oxygens (including phenoxy) is 3. The van der Waals surface area contributed by atoms with Crippen molar-refractivity contribution in [1.82, 2.24) is 4.90 Å². The smallest absolute Gasteiger partial charge is 0.410 e. The minimum absolute atomic E-state index is 0.00495. The number of Topliss-reactive ketones (excluding diaryl/α,β-unsaturated/α-hetero) is 1. The zero-order chi connectivity index (χ0) is 17.5. The zero-order valence-corrected chi connectivity index (χ0v) is 15.2. The normalized spacial score (nSPS) is 32.0. The molecule has 3 fully saturated rings. The lowest BCUT2D eigenvalue weighted by Crippen LogP contribution is -2.60. The highest BCUT2D eigenvalue weighted by molar-refractivity contribution is 5.82. The molecule has 0 aromatic heterocycles. The molecule has 3 rings (SSSR count). The van der Waals surface area contributed by atoms with Crippen LogP contribution in [0.25, 0.3) is 0 Å². The Hall–Kier alpha value is -1.14. The van der Waals surface area contributed by atoms with Gasteiger partial charge in [-0.3, -0.25) is 9.69 Å². The van der Waals surface area contributed by atoms with Crippen LogP contribution >= 0.6 is 0 Å². The largest absolute Gasteiger partial charge is 0.444 e. The van der Waals surface area contributed by atoms with E-state index in [-0.39, 0.29) is 29.5 Å². The van der Waals surface area contributed by atoms with Crippen molar-refractivity contribution >= 4 is 11.9 Å². The van der Waals surface area contributed by atoms with E-state index in [0.717, 1.165) is 0 Å². The average Bonchev–Trinajstić information content (AvgIpc) is 2.42. The molecule has 0 spiro atoms. The molecule has 3 heterocycles. The topological polar surface area (TPSA) is 65.1 Å². The molecule has 1 amide bonds. The molecule has 0 aromatic carbocycles. The second-order valence-corrected chi connectivity index (χ2v) is 8.85. The maximum Gasteiger partial charge on any atom is 0.410 e. The fourth-order valence-corrected chi connectivity index (χ4v) is 3.91. The van der Waals surface area contributed by atoms with Crippen LogP contribution < -0.4 is 0 Å². The Balaban J connectivity index is 1.64. The summed E-state index contributed by atoms with van der Waals surface area (Å²) >= 11 is 0. The number of piperidine rings is 1. The second-order valence-electron chi connectivity index (χ2n) is 8.85. The molecule has 136 valence electrons. The van der Waals surface area contributed by atoms with Gasteiger partial charge in [-0.25, -0.2) is 4.79 Å². The fraction of sp³-hybridized carbons (Fsp3) is 0.889. The summed E-state index contributed by atoms with van der Waals surface area (Å²) in [4.78, 5) is 27.1. The molecule has 2 unspecified atom stereocenters. The Kier molecular flexibility index (Phi) is 4.64. The Morgan fingerprint density at radius 3 is 2.17 bits per heavy atom. The molecular formula is C18H29NO5. The molecule has 0 saturated carbocycles. The van der Waals surface area contributed by atoms with Crippen LogP contribution in [-0.4, -0.2) is 60.9 Å². The monoisotopic (exact) mass is 339 g/mol. The van der Waals surface area contributed by atoms with Gasteiger partial charge in [-0.1, -0.05) is 6.92 Å². The van der Waals surface area contributed by atoms with Crippen LogP contribution in [0.2, 0.25) is 0 Å². The third-order valence-electron chi connectivity index (χ3n) is 5.08. The molecule has 6 nitrogen and oxygen atoms in total. The SMILES string of the molecule is CC1(CC(=O)C2CC3COCC(C2)N3C(=O)OC(C)(C)C)COC1. The number of carbonyl (C=O) groups excluding carboxylic acids is 2. The summed E-state index contributed by atoms with van der Waals surface area (Å²) in [5.74, 6) is 0.321. The van der Waals surface area contributed by atoms with E-state index in [9.17, 15) is 9.59 Å². The van der Waals surface area contributed by atoms with Crippen LogP contribution in [0.5, 0.6) is 0 Å². The van der Waals surface area contributed by atoms with Gasteiger partial charge in [0.15, 0.2) is 0 Å². The first kappa shape index (κ1) is 17.7. The lowest BCUT2D eigenvalue weighted by molar-refractivity contribution is -0.146. The summed E-state index contributed by atoms with van der Waals surface area (Å²) in [6.07, 6.45) is 1.63. The van der Waals surface area contributed by atoms with Gasteiger partial charge in [0.1, 0.15) is 11.4 Å². The minimum Gasteiger partial charge on any atom is -0.444 e. The van der Waals surface area contributed by atoms with Crippen molar-refractivity contribution in [3.63, 3.8) is 0 Å². The molecule has 3 aliphatic rings. The van der Waals surface area contributed by atoms with Gasteiger partial charge in [-0.15, -0.1) is 0 Å². The number of rotatable bonds is 3. The Morgan fingerprint density at radius 2 is 1.71 bits per heavy atom. The van der Waals surface area contributed by atoms with Crippen LogP contribution in [0.15, 0.2) is 0 Å². The van der Waals surface area contributed by atoms with Gasteiger partial charge < -0.3 is 14.2 Å². The van der Waals surface area contributed by atoms with Crippen LogP contribution in [-0.2, 0) is 19.0 Å². The Morgan fingerprint density at radius 1 is 1.12 bits per heavy atom. The highest BCUT2D eigenvalue weighted by atomic mass is 16.6. The van der Waals surface area contributed by atoms with E-state index in [2.05, 4.69) is 6.92 Å². The quantitative estimate of drug-likeness (QED) is 0.790. The molecule has 0 aliphatic carbocycles. The van der Waals surface area contributed by atoms with Gasteiger partial charge in [0.25, 0.3) is 0 Å². The summed E-state index contributed by atoms with van der Waals surface area (Å²) in [5.41, 5.74) is -0.511. The van der Waals surface area contributed by atoms with E-state index < -0.39 is 5.60 Å². The molecule has 6 heteroatoms. The van der Waals surface area contributed by atoms with Crippen molar-refractivity contribution in [2.24, 2.45) is 11.3 Å². The summed E-state index contributed by atoms with van der Waals surface area (Å²) in [6.45, 7) is 10.0. The number of morpholine rings is 1. The third kappa shape index (κ3) is 3.75. The molecule has 0 N–H and O–H groups in total. The van der Waals surface area contributed by atoms with Crippen LogP contribution in [0.4, 0.5) is 4.79 Å². The van der Waals surface area contributed by atoms with Gasteiger partial charge in [-0.2, -0.15) is 0 Å². The first-order valence-electron chi connectivity index (χ1n) is 8.86. The predicted molar refractivity (Wildman–Crippen MR) is 87.7 cm³/mol. The maximum atomic E-state index is 12.7. The third-order valence-corrected chi connectivity index (χ3v) is 5.08. The molecular weight excluding hydrogens is 310 g/mol. The predicted octanol–water partition coefficient (Wildman–Crippen LogP) is 2.40. The van der Waals surface area contributed by atoms with E-state index in [1.54, 1.807) is 0 Å². The van der Waals surface area contributed by atoms with Crippen LogP contribution in [0, 0.1) is 11.3 Å². The number of carbonyl (C=O) groups is 2. The van der Waals surface area contributed by atoms with E-state index in [4.69, 9.17) is 14.2 Å². The number of hydrogen-bond donors (Lipinski definition) is 0. The number of hydrogen-bond acceptors (Lipinski definition) is 5. The fourth-order valence-electron chi connectivity index (χ4n) is 3.91. The molecule has 3 aliphatic heterocycles. The Bertz CT molecular complexity index is 494. The molecule has 0 radical (unpaired) electrons. The van der Waals surface area contributed by atoms with E-state index >= 15 is 0 Å². The number of nitrogens with zero attached hydrogens (tertiary/aromatic N) is 1. The van der Waals surface area contributed by atoms with Crippen molar-refractivity contribution < 1.29 is 23.8 Å². The lowest BCUT2D eigenvalue weighted by atomic mass is 9.75. The molecule has 0 aromatic rings. The van der Waals surface area contributed by atoms with E-state index in [1.807, 2.05) is 25.7 Å². The molecule has 24 heavy (non-hydrogen) atoms. The molecule has 2 bridgehead atoms. The molecule has 2 atom stereocenters. The molecule has 3 saturated heterocycles. The minimum atomic E-state index is -0.516. The van der Waals surface area contributed by atoms with Gasteiger partial charge in [0, 0.05) is 17.8 Å². The van der Waals surface area contributed by atoms with Gasteiger partial charge in [0.2, 0.25) is 0 Å². The van der Waals surface area contributed by atoms with Crippen molar-refractivity contribution in [1.29, 1.82) is 0 Å². The maximum absolute atomic E-state index is 12.7. The van der Waals surface area contributed by atoms with E-state index in [0.29, 0.717) is 51.5 Å². The van der Waals surface area contributed by atoms with Gasteiger partial charge in [-0.05, 0) is 33.6 Å². The summed E-state index contributed by atoms with van der Waals surface area (Å²) < 4.78 is 16.4. The first-order chi connectivity index (χ1) is 11.2. The van der Waals surface area contributed by atoms with Gasteiger partial charge in [0.05, 0.1) is 38.5 Å². The standard InChI is InChI=1S/C18H29NO5/c1-17(2,3)24-16(21)19-13-5-12(6-14(19)9-22-8-13)15(20)7-18(4)10-23-11-18/h12-14H,5-11H2,1-4H3. The van der Waals surface area contributed by atoms with Crippen LogP contribution in [0.1, 0.15) is 47.0 Å². The highest BCUT2D eigenvalue weighted by Gasteiger charge is 2.46. The van der Waals surface area contributed by atoms with Crippen molar-refractivity contribution in [2.75, 3.05) is 26.4 Å². The van der Waals surface area contributed by atoms with Gasteiger partial charge >= 0.3 is 6.09 Å². The number of fused-ring (bicyclic) bond motifs is 2. The summed E-state index contributed by atoms with van der Waals surface area (Å²) in [5, 5.41) is 0. The zero-order valence-electron chi connectivity index (χ0n) is 15.2. The van der Waals surface area contributed by atoms with E-state index in [1.165, 1.54) is 0 Å². The first-order valence-corrected chi connectivity index (χ1v) is 8.86. The number of amides is 1. The summed E-state index contributed by atoms with van der Waals surface area (Å²) in [7, 11) is 0. The van der Waals surface area contributed by atoms with Crippen molar-refractivity contribution in [3.8, 4) is 0 Å². The highest BCUT2D eigenvalue weighted by Crippen LogP contribution is 2.37. The van der Waals surface area contributed by atoms with Crippen molar-refractivity contribution in [2.45, 2.75) is 64.6 Å². The number of ketones is 1. The van der Waals surface area contributed by atoms with Crippen molar-refractivity contribution in [3.05, 3.63) is 0 Å². The lowest BCUT2D eigenvalue weighted by Gasteiger charge is -2.48.